The predicted molar refractivity (Wildman–Crippen MR) is 90.6 cm³/mol. The molecule has 0 saturated heterocycles. The number of ether oxygens (including phenoxy) is 1. The van der Waals surface area contributed by atoms with E-state index in [-0.39, 0.29) is 5.91 Å². The lowest BCUT2D eigenvalue weighted by Gasteiger charge is -2.19. The number of nitrogens with zero attached hydrogens (tertiary/aromatic N) is 2. The predicted octanol–water partition coefficient (Wildman–Crippen LogP) is 3.12. The maximum atomic E-state index is 11.8. The summed E-state index contributed by atoms with van der Waals surface area (Å²) in [5, 5.41) is 14.8. The fourth-order valence-corrected chi connectivity index (χ4v) is 2.47. The van der Waals surface area contributed by atoms with Gasteiger partial charge >= 0.3 is 6.09 Å². The summed E-state index contributed by atoms with van der Waals surface area (Å²) in [5.74, 6) is -0.130. The van der Waals surface area contributed by atoms with Crippen molar-refractivity contribution in [3.63, 3.8) is 0 Å². The summed E-state index contributed by atoms with van der Waals surface area (Å²) in [6, 6.07) is 0. The molecule has 0 radical (unpaired) electrons. The van der Waals surface area contributed by atoms with Crippen LogP contribution >= 0.6 is 11.3 Å². The van der Waals surface area contributed by atoms with E-state index in [1.807, 2.05) is 0 Å². The lowest BCUT2D eigenvalue weighted by Crippen LogP contribution is -2.33. The minimum absolute atomic E-state index is 0.130. The number of carbonyl (C=O) groups is 2. The lowest BCUT2D eigenvalue weighted by atomic mass is 10.2. The van der Waals surface area contributed by atoms with Gasteiger partial charge in [-0.05, 0) is 33.6 Å². The minimum Gasteiger partial charge on any atom is -0.444 e. The van der Waals surface area contributed by atoms with Gasteiger partial charge in [0.15, 0.2) is 0 Å². The summed E-state index contributed by atoms with van der Waals surface area (Å²) in [6.45, 7) is 7.92. The Hall–Kier alpha value is -1.70. The molecule has 1 aromatic heterocycles. The number of hydrogen-bond donors (Lipinski definition) is 2. The number of anilines is 1. The molecule has 2 amide bonds. The fraction of sp³-hybridized carbons (Fsp3) is 0.733. The second kappa shape index (κ2) is 9.44. The van der Waals surface area contributed by atoms with Crippen LogP contribution in [0.3, 0.4) is 0 Å². The van der Waals surface area contributed by atoms with E-state index in [0.29, 0.717) is 24.5 Å². The Morgan fingerprint density at radius 3 is 2.61 bits per heavy atom. The van der Waals surface area contributed by atoms with E-state index in [9.17, 15) is 9.59 Å². The van der Waals surface area contributed by atoms with Crippen molar-refractivity contribution >= 4 is 28.5 Å². The van der Waals surface area contributed by atoms with Crippen LogP contribution in [0, 0.1) is 0 Å². The van der Waals surface area contributed by atoms with Gasteiger partial charge < -0.3 is 15.4 Å². The van der Waals surface area contributed by atoms with Crippen LogP contribution in [0.1, 0.15) is 58.4 Å². The smallest absolute Gasteiger partial charge is 0.407 e. The average molecular weight is 342 g/mol. The number of amides is 2. The average Bonchev–Trinajstić information content (AvgIpc) is 2.87. The van der Waals surface area contributed by atoms with E-state index in [1.165, 1.54) is 11.3 Å². The molecular formula is C15H26N4O3S. The number of rotatable bonds is 8. The zero-order valence-electron chi connectivity index (χ0n) is 14.3. The number of unbranched alkanes of at least 4 members (excludes halogenated alkanes) is 1. The number of hydrogen-bond acceptors (Lipinski definition) is 6. The van der Waals surface area contributed by atoms with Crippen LogP contribution in [-0.2, 0) is 16.0 Å². The highest BCUT2D eigenvalue weighted by Gasteiger charge is 2.15. The molecule has 0 bridgehead atoms. The molecule has 0 saturated carbocycles. The van der Waals surface area contributed by atoms with Crippen molar-refractivity contribution in [1.29, 1.82) is 0 Å². The third-order valence-corrected chi connectivity index (χ3v) is 3.60. The van der Waals surface area contributed by atoms with Crippen LogP contribution < -0.4 is 10.6 Å². The van der Waals surface area contributed by atoms with Crippen LogP contribution in [0.2, 0.25) is 0 Å². The van der Waals surface area contributed by atoms with E-state index < -0.39 is 11.7 Å². The van der Waals surface area contributed by atoms with E-state index in [4.69, 9.17) is 4.74 Å². The summed E-state index contributed by atoms with van der Waals surface area (Å²) in [4.78, 5) is 23.2. The summed E-state index contributed by atoms with van der Waals surface area (Å²) in [6.07, 6.45) is 3.43. The SMILES string of the molecule is CCCCc1nnc(NC(=O)CCCNC(=O)OC(C)(C)C)s1. The first kappa shape index (κ1) is 19.3. The van der Waals surface area contributed by atoms with Crippen molar-refractivity contribution in [2.75, 3.05) is 11.9 Å². The Kier molecular flexibility index (Phi) is 7.94. The second-order valence-corrected chi connectivity index (χ2v) is 7.25. The number of nitrogens with one attached hydrogen (secondary N) is 2. The molecule has 1 heterocycles. The Balaban J connectivity index is 2.19. The van der Waals surface area contributed by atoms with Crippen LogP contribution in [0.15, 0.2) is 0 Å². The Morgan fingerprint density at radius 1 is 1.22 bits per heavy atom. The third-order valence-electron chi connectivity index (χ3n) is 2.71. The number of carbonyl (C=O) groups excluding carboxylic acids is 2. The van der Waals surface area contributed by atoms with Crippen molar-refractivity contribution in [3.8, 4) is 0 Å². The monoisotopic (exact) mass is 342 g/mol. The van der Waals surface area contributed by atoms with Gasteiger partial charge in [-0.25, -0.2) is 4.79 Å². The fourth-order valence-electron chi connectivity index (χ4n) is 1.67. The molecule has 0 fully saturated rings. The molecule has 0 spiro atoms. The normalized spacial score (nSPS) is 11.1. The largest absolute Gasteiger partial charge is 0.444 e. The standard InChI is InChI=1S/C15H26N4O3S/c1-5-6-9-12-18-19-13(23-12)17-11(20)8-7-10-16-14(21)22-15(2,3)4/h5-10H2,1-4H3,(H,16,21)(H,17,19,20). The Morgan fingerprint density at radius 2 is 1.96 bits per heavy atom. The maximum Gasteiger partial charge on any atom is 0.407 e. The van der Waals surface area contributed by atoms with Gasteiger partial charge in [0.25, 0.3) is 0 Å². The van der Waals surface area contributed by atoms with Crippen LogP contribution in [-0.4, -0.2) is 34.3 Å². The molecule has 0 atom stereocenters. The summed E-state index contributed by atoms with van der Waals surface area (Å²) in [5.41, 5.74) is -0.519. The first-order valence-corrected chi connectivity index (χ1v) is 8.71. The van der Waals surface area contributed by atoms with E-state index >= 15 is 0 Å². The topological polar surface area (TPSA) is 93.2 Å². The number of alkyl carbamates (subject to hydrolysis) is 1. The maximum absolute atomic E-state index is 11.8. The van der Waals surface area contributed by atoms with Crippen molar-refractivity contribution in [1.82, 2.24) is 15.5 Å². The minimum atomic E-state index is -0.519. The molecule has 8 heteroatoms. The summed E-state index contributed by atoms with van der Waals surface area (Å²) in [7, 11) is 0. The molecule has 0 aliphatic carbocycles. The quantitative estimate of drug-likeness (QED) is 0.708. The van der Waals surface area contributed by atoms with Gasteiger partial charge in [0, 0.05) is 19.4 Å². The van der Waals surface area contributed by atoms with Gasteiger partial charge in [-0.2, -0.15) is 0 Å². The third kappa shape index (κ3) is 9.12. The number of aromatic nitrogens is 2. The zero-order valence-corrected chi connectivity index (χ0v) is 15.1. The molecule has 7 nitrogen and oxygen atoms in total. The molecule has 0 aliphatic heterocycles. The van der Waals surface area contributed by atoms with Gasteiger partial charge in [0.2, 0.25) is 11.0 Å². The molecular weight excluding hydrogens is 316 g/mol. The van der Waals surface area contributed by atoms with Gasteiger partial charge in [-0.1, -0.05) is 24.7 Å². The van der Waals surface area contributed by atoms with Crippen molar-refractivity contribution in [3.05, 3.63) is 5.01 Å². The first-order chi connectivity index (χ1) is 10.8. The molecule has 1 rings (SSSR count). The van der Waals surface area contributed by atoms with Gasteiger partial charge in [0.1, 0.15) is 10.6 Å². The molecule has 23 heavy (non-hydrogen) atoms. The van der Waals surface area contributed by atoms with Crippen molar-refractivity contribution < 1.29 is 14.3 Å². The summed E-state index contributed by atoms with van der Waals surface area (Å²) >= 11 is 1.41. The zero-order chi connectivity index (χ0) is 17.3. The van der Waals surface area contributed by atoms with Crippen molar-refractivity contribution in [2.45, 2.75) is 65.4 Å². The molecule has 2 N–H and O–H groups in total. The highest BCUT2D eigenvalue weighted by atomic mass is 32.1. The molecule has 1 aromatic rings. The van der Waals surface area contributed by atoms with E-state index in [2.05, 4.69) is 27.8 Å². The van der Waals surface area contributed by atoms with E-state index in [0.717, 1.165) is 24.3 Å². The van der Waals surface area contributed by atoms with E-state index in [1.54, 1.807) is 20.8 Å². The van der Waals surface area contributed by atoms with Gasteiger partial charge in [-0.3, -0.25) is 4.79 Å². The molecule has 0 aliphatic rings. The molecule has 0 unspecified atom stereocenters. The number of aryl methyl sites for hydroxylation is 1. The van der Waals surface area contributed by atoms with Gasteiger partial charge in [0.05, 0.1) is 0 Å². The van der Waals surface area contributed by atoms with Crippen LogP contribution in [0.25, 0.3) is 0 Å². The van der Waals surface area contributed by atoms with Crippen molar-refractivity contribution in [2.24, 2.45) is 0 Å². The second-order valence-electron chi connectivity index (χ2n) is 6.18. The molecule has 0 aromatic carbocycles. The van der Waals surface area contributed by atoms with Crippen LogP contribution in [0.5, 0.6) is 0 Å². The highest BCUT2D eigenvalue weighted by molar-refractivity contribution is 7.15. The van der Waals surface area contributed by atoms with Gasteiger partial charge in [-0.15, -0.1) is 10.2 Å². The van der Waals surface area contributed by atoms with Crippen LogP contribution in [0.4, 0.5) is 9.93 Å². The Bertz CT molecular complexity index is 511. The Labute approximate surface area is 141 Å². The highest BCUT2D eigenvalue weighted by Crippen LogP contribution is 2.17. The lowest BCUT2D eigenvalue weighted by molar-refractivity contribution is -0.116. The summed E-state index contributed by atoms with van der Waals surface area (Å²) < 4.78 is 5.11. The molecule has 130 valence electrons. The first-order valence-electron chi connectivity index (χ1n) is 7.89.